The number of rotatable bonds is 9. The van der Waals surface area contributed by atoms with E-state index in [9.17, 15) is 18.0 Å². The maximum Gasteiger partial charge on any atom is 0.244 e. The number of nitrogens with one attached hydrogen (secondary N) is 1. The molecule has 0 aliphatic rings. The fourth-order valence-electron chi connectivity index (χ4n) is 3.79. The van der Waals surface area contributed by atoms with Gasteiger partial charge in [0.25, 0.3) is 0 Å². The van der Waals surface area contributed by atoms with Gasteiger partial charge in [-0.2, -0.15) is 0 Å². The molecule has 1 N–H and O–H groups in total. The molecule has 0 fully saturated rings. The van der Waals surface area contributed by atoms with Gasteiger partial charge < -0.3 is 10.2 Å². The minimum Gasteiger partial charge on any atom is -0.350 e. The highest BCUT2D eigenvalue weighted by atomic mass is 35.5. The van der Waals surface area contributed by atoms with Crippen LogP contribution in [0.25, 0.3) is 0 Å². The lowest BCUT2D eigenvalue weighted by atomic mass is 10.1. The summed E-state index contributed by atoms with van der Waals surface area (Å²) in [4.78, 5) is 28.4. The molecule has 0 saturated carbocycles. The van der Waals surface area contributed by atoms with E-state index in [0.29, 0.717) is 33.3 Å². The zero-order valence-corrected chi connectivity index (χ0v) is 24.2. The second-order valence-electron chi connectivity index (χ2n) is 9.98. The number of anilines is 1. The average Bonchev–Trinajstić information content (AvgIpc) is 2.73. The topological polar surface area (TPSA) is 86.8 Å². The second-order valence-corrected chi connectivity index (χ2v) is 12.7. The van der Waals surface area contributed by atoms with Crippen molar-refractivity contribution in [1.29, 1.82) is 0 Å². The van der Waals surface area contributed by atoms with Gasteiger partial charge in [0.1, 0.15) is 12.6 Å². The molecule has 2 rings (SSSR count). The number of amides is 2. The van der Waals surface area contributed by atoms with Crippen molar-refractivity contribution in [3.8, 4) is 0 Å². The monoisotopic (exact) mass is 555 g/mol. The molecule has 1 atom stereocenters. The summed E-state index contributed by atoms with van der Waals surface area (Å²) >= 11 is 12.4. The Labute approximate surface area is 224 Å². The lowest BCUT2D eigenvalue weighted by Crippen LogP contribution is -2.55. The Balaban J connectivity index is 2.54. The summed E-state index contributed by atoms with van der Waals surface area (Å²) < 4.78 is 26.7. The van der Waals surface area contributed by atoms with Crippen molar-refractivity contribution in [3.63, 3.8) is 0 Å². The number of sulfonamides is 1. The number of hydrogen-bond donors (Lipinski definition) is 1. The van der Waals surface area contributed by atoms with Crippen LogP contribution in [0, 0.1) is 13.8 Å². The number of carbonyl (C=O) groups excluding carboxylic acids is 2. The Morgan fingerprint density at radius 3 is 2.22 bits per heavy atom. The number of aryl methyl sites for hydroxylation is 2. The van der Waals surface area contributed by atoms with Crippen LogP contribution in [0.15, 0.2) is 36.4 Å². The second kappa shape index (κ2) is 11.8. The first kappa shape index (κ1) is 29.9. The molecule has 0 saturated heterocycles. The molecule has 10 heteroatoms. The van der Waals surface area contributed by atoms with Gasteiger partial charge in [-0.1, -0.05) is 48.3 Å². The van der Waals surface area contributed by atoms with Crippen molar-refractivity contribution in [1.82, 2.24) is 10.2 Å². The van der Waals surface area contributed by atoms with E-state index >= 15 is 0 Å². The third kappa shape index (κ3) is 8.11. The van der Waals surface area contributed by atoms with Gasteiger partial charge in [-0.05, 0) is 75.9 Å². The highest BCUT2D eigenvalue weighted by Gasteiger charge is 2.33. The van der Waals surface area contributed by atoms with E-state index in [1.165, 1.54) is 4.90 Å². The molecule has 0 aromatic heterocycles. The number of halogens is 2. The Morgan fingerprint density at radius 2 is 1.69 bits per heavy atom. The van der Waals surface area contributed by atoms with Gasteiger partial charge in [-0.25, -0.2) is 8.42 Å². The number of benzene rings is 2. The molecule has 0 unspecified atom stereocenters. The quantitative estimate of drug-likeness (QED) is 0.466. The van der Waals surface area contributed by atoms with Crippen LogP contribution in [0.2, 0.25) is 10.0 Å². The molecule has 0 aliphatic heterocycles. The summed E-state index contributed by atoms with van der Waals surface area (Å²) in [5, 5.41) is 3.72. The number of nitrogens with zero attached hydrogens (tertiary/aromatic N) is 2. The largest absolute Gasteiger partial charge is 0.350 e. The summed E-state index contributed by atoms with van der Waals surface area (Å²) in [5.74, 6) is -0.857. The first-order valence-corrected chi connectivity index (χ1v) is 14.2. The molecular weight excluding hydrogens is 521 g/mol. The summed E-state index contributed by atoms with van der Waals surface area (Å²) in [6.45, 7) is 10.5. The van der Waals surface area contributed by atoms with Crippen molar-refractivity contribution < 1.29 is 18.0 Å². The molecule has 7 nitrogen and oxygen atoms in total. The van der Waals surface area contributed by atoms with E-state index < -0.39 is 34.1 Å². The summed E-state index contributed by atoms with van der Waals surface area (Å²) in [7, 11) is -3.81. The van der Waals surface area contributed by atoms with Crippen molar-refractivity contribution in [2.45, 2.75) is 66.1 Å². The van der Waals surface area contributed by atoms with Gasteiger partial charge in [0.05, 0.1) is 11.9 Å². The average molecular weight is 557 g/mol. The van der Waals surface area contributed by atoms with Crippen LogP contribution in [0.4, 0.5) is 5.69 Å². The van der Waals surface area contributed by atoms with Crippen molar-refractivity contribution in [2.75, 3.05) is 17.1 Å². The predicted octanol–water partition coefficient (Wildman–Crippen LogP) is 5.10. The lowest BCUT2D eigenvalue weighted by Gasteiger charge is -2.35. The summed E-state index contributed by atoms with van der Waals surface area (Å²) in [5.41, 5.74) is 2.06. The molecule has 0 spiro atoms. The first-order valence-electron chi connectivity index (χ1n) is 11.6. The smallest absolute Gasteiger partial charge is 0.244 e. The maximum absolute atomic E-state index is 13.8. The van der Waals surface area contributed by atoms with Gasteiger partial charge in [0, 0.05) is 22.1 Å². The van der Waals surface area contributed by atoms with Crippen LogP contribution in [-0.4, -0.2) is 49.5 Å². The summed E-state index contributed by atoms with van der Waals surface area (Å²) in [6.07, 6.45) is 1.38. The van der Waals surface area contributed by atoms with E-state index in [2.05, 4.69) is 5.32 Å². The SMILES string of the molecule is CC[C@H](C(=O)NC(C)(C)C)N(Cc1ccc(Cl)cc1Cl)C(=O)CN(c1cc(C)ccc1C)S(C)(=O)=O. The van der Waals surface area contributed by atoms with Crippen LogP contribution < -0.4 is 9.62 Å². The molecule has 0 heterocycles. The van der Waals surface area contributed by atoms with E-state index in [-0.39, 0.29) is 12.5 Å². The molecule has 2 aromatic carbocycles. The Hall–Kier alpha value is -2.29. The minimum atomic E-state index is -3.81. The van der Waals surface area contributed by atoms with Crippen LogP contribution in [0.1, 0.15) is 50.8 Å². The van der Waals surface area contributed by atoms with E-state index in [1.807, 2.05) is 39.8 Å². The van der Waals surface area contributed by atoms with Crippen LogP contribution in [-0.2, 0) is 26.2 Å². The van der Waals surface area contributed by atoms with Crippen LogP contribution >= 0.6 is 23.2 Å². The number of carbonyl (C=O) groups is 2. The van der Waals surface area contributed by atoms with E-state index in [0.717, 1.165) is 16.1 Å². The molecule has 0 bridgehead atoms. The molecule has 2 aromatic rings. The Bertz CT molecular complexity index is 1230. The zero-order chi connectivity index (χ0) is 27.4. The first-order chi connectivity index (χ1) is 16.5. The maximum atomic E-state index is 13.8. The Kier molecular flexibility index (Phi) is 9.84. The molecule has 2 amide bonds. The fourth-order valence-corrected chi connectivity index (χ4v) is 5.16. The van der Waals surface area contributed by atoms with Gasteiger partial charge in [0.2, 0.25) is 21.8 Å². The highest BCUT2D eigenvalue weighted by molar-refractivity contribution is 7.92. The fraction of sp³-hybridized carbons (Fsp3) is 0.462. The van der Waals surface area contributed by atoms with Crippen LogP contribution in [0.5, 0.6) is 0 Å². The third-order valence-corrected chi connectivity index (χ3v) is 7.27. The molecule has 36 heavy (non-hydrogen) atoms. The number of hydrogen-bond acceptors (Lipinski definition) is 4. The zero-order valence-electron chi connectivity index (χ0n) is 21.9. The van der Waals surface area contributed by atoms with Crippen LogP contribution in [0.3, 0.4) is 0 Å². The normalized spacial score (nSPS) is 12.7. The van der Waals surface area contributed by atoms with Gasteiger partial charge in [-0.15, -0.1) is 0 Å². The molecular formula is C26H35Cl2N3O4S. The molecule has 198 valence electrons. The summed E-state index contributed by atoms with van der Waals surface area (Å²) in [6, 6.07) is 9.48. The molecule has 0 aliphatic carbocycles. The van der Waals surface area contributed by atoms with Gasteiger partial charge in [-0.3, -0.25) is 13.9 Å². The standard InChI is InChI=1S/C26H35Cl2N3O4S/c1-8-22(25(33)29-26(4,5)6)30(15-19-11-12-20(27)14-21(19)28)24(32)16-31(36(7,34)35)23-13-17(2)9-10-18(23)3/h9-14,22H,8,15-16H2,1-7H3,(H,29,33)/t22-/m1/s1. The minimum absolute atomic E-state index is 0.00923. The van der Waals surface area contributed by atoms with Crippen molar-refractivity contribution in [3.05, 3.63) is 63.1 Å². The molecule has 0 radical (unpaired) electrons. The van der Waals surface area contributed by atoms with Crippen molar-refractivity contribution >= 4 is 50.7 Å². The highest BCUT2D eigenvalue weighted by Crippen LogP contribution is 2.27. The Morgan fingerprint density at radius 1 is 1.06 bits per heavy atom. The van der Waals surface area contributed by atoms with E-state index in [1.54, 1.807) is 38.1 Å². The van der Waals surface area contributed by atoms with Crippen molar-refractivity contribution in [2.24, 2.45) is 0 Å². The van der Waals surface area contributed by atoms with Gasteiger partial charge >= 0.3 is 0 Å². The predicted molar refractivity (Wildman–Crippen MR) is 147 cm³/mol. The lowest BCUT2D eigenvalue weighted by molar-refractivity contribution is -0.141. The van der Waals surface area contributed by atoms with E-state index in [4.69, 9.17) is 23.2 Å². The third-order valence-electron chi connectivity index (χ3n) is 5.55. The van der Waals surface area contributed by atoms with Gasteiger partial charge in [0.15, 0.2) is 0 Å².